The lowest BCUT2D eigenvalue weighted by Crippen LogP contribution is -2.33. The minimum atomic E-state index is -0.142. The molecular formula is C14H15ClN2O. The summed E-state index contributed by atoms with van der Waals surface area (Å²) >= 11 is 6.06. The first-order valence-corrected chi connectivity index (χ1v) is 6.28. The molecule has 2 rings (SSSR count). The Kier molecular flexibility index (Phi) is 3.78. The van der Waals surface area contributed by atoms with Crippen LogP contribution in [0.1, 0.15) is 23.2 Å². The van der Waals surface area contributed by atoms with Gasteiger partial charge in [0.05, 0.1) is 22.8 Å². The second-order valence-electron chi connectivity index (χ2n) is 4.54. The van der Waals surface area contributed by atoms with Crippen LogP contribution in [0.4, 0.5) is 5.69 Å². The van der Waals surface area contributed by atoms with Gasteiger partial charge in [0.1, 0.15) is 0 Å². The van der Waals surface area contributed by atoms with E-state index in [0.717, 1.165) is 0 Å². The Balaban J connectivity index is 2.21. The van der Waals surface area contributed by atoms with Gasteiger partial charge in [-0.1, -0.05) is 23.6 Å². The molecular weight excluding hydrogens is 248 g/mol. The Morgan fingerprint density at radius 2 is 2.28 bits per heavy atom. The molecule has 0 aromatic heterocycles. The zero-order valence-corrected chi connectivity index (χ0v) is 10.8. The predicted molar refractivity (Wildman–Crippen MR) is 73.3 cm³/mol. The van der Waals surface area contributed by atoms with E-state index in [9.17, 15) is 4.79 Å². The Labute approximate surface area is 112 Å². The molecule has 1 fully saturated rings. The largest absolute Gasteiger partial charge is 0.398 e. The molecule has 1 aromatic rings. The molecule has 1 aromatic carbocycles. The number of hydrogen-bond acceptors (Lipinski definition) is 2. The van der Waals surface area contributed by atoms with Gasteiger partial charge in [-0.05, 0) is 30.9 Å². The van der Waals surface area contributed by atoms with Crippen LogP contribution in [0.15, 0.2) is 18.2 Å². The number of terminal acetylenes is 1. The summed E-state index contributed by atoms with van der Waals surface area (Å²) < 4.78 is 0. The first kappa shape index (κ1) is 12.8. The highest BCUT2D eigenvalue weighted by Crippen LogP contribution is 2.31. The lowest BCUT2D eigenvalue weighted by atomic mass is 10.1. The van der Waals surface area contributed by atoms with Crippen molar-refractivity contribution in [3.05, 3.63) is 28.8 Å². The topological polar surface area (TPSA) is 46.3 Å². The van der Waals surface area contributed by atoms with Crippen molar-refractivity contribution in [3.63, 3.8) is 0 Å². The Hall–Kier alpha value is -1.66. The smallest absolute Gasteiger partial charge is 0.256 e. The normalized spacial score (nSPS) is 14.0. The first-order chi connectivity index (χ1) is 8.63. The number of rotatable bonds is 4. The number of anilines is 1. The fourth-order valence-corrected chi connectivity index (χ4v) is 2.03. The second-order valence-corrected chi connectivity index (χ2v) is 4.92. The minimum Gasteiger partial charge on any atom is -0.398 e. The molecule has 1 aliphatic carbocycles. The molecule has 0 aliphatic heterocycles. The number of nitrogens with two attached hydrogens (primary N) is 1. The van der Waals surface area contributed by atoms with E-state index in [2.05, 4.69) is 5.92 Å². The number of benzene rings is 1. The summed E-state index contributed by atoms with van der Waals surface area (Å²) in [6, 6.07) is 5.07. The van der Waals surface area contributed by atoms with Crippen LogP contribution >= 0.6 is 11.6 Å². The van der Waals surface area contributed by atoms with E-state index in [4.69, 9.17) is 23.8 Å². The molecule has 94 valence electrons. The average molecular weight is 263 g/mol. The van der Waals surface area contributed by atoms with Gasteiger partial charge in [-0.25, -0.2) is 0 Å². The maximum atomic E-state index is 12.4. The van der Waals surface area contributed by atoms with Crippen LogP contribution in [0.5, 0.6) is 0 Å². The molecule has 0 bridgehead atoms. The van der Waals surface area contributed by atoms with E-state index in [1.807, 2.05) is 0 Å². The van der Waals surface area contributed by atoms with Gasteiger partial charge in [0.2, 0.25) is 0 Å². The summed E-state index contributed by atoms with van der Waals surface area (Å²) in [5, 5.41) is 0.306. The molecule has 0 atom stereocenters. The summed E-state index contributed by atoms with van der Waals surface area (Å²) in [4.78, 5) is 14.0. The van der Waals surface area contributed by atoms with Gasteiger partial charge in [0.15, 0.2) is 0 Å². The van der Waals surface area contributed by atoms with Crippen LogP contribution < -0.4 is 5.73 Å². The van der Waals surface area contributed by atoms with Crippen LogP contribution in [-0.2, 0) is 0 Å². The second kappa shape index (κ2) is 5.32. The monoisotopic (exact) mass is 262 g/mol. The molecule has 1 aliphatic rings. The Morgan fingerprint density at radius 1 is 1.56 bits per heavy atom. The molecule has 4 heteroatoms. The SMILES string of the molecule is C#CCN(CC1CC1)C(=O)c1cccc(N)c1Cl. The highest BCUT2D eigenvalue weighted by molar-refractivity contribution is 6.36. The van der Waals surface area contributed by atoms with Crippen LogP contribution in [0.2, 0.25) is 5.02 Å². The van der Waals surface area contributed by atoms with Gasteiger partial charge in [-0.2, -0.15) is 0 Å². The van der Waals surface area contributed by atoms with Crippen LogP contribution in [-0.4, -0.2) is 23.9 Å². The standard InChI is InChI=1S/C14H15ClN2O/c1-2-8-17(9-10-6-7-10)14(18)11-4-3-5-12(16)13(11)15/h1,3-5,10H,6-9,16H2. The summed E-state index contributed by atoms with van der Waals surface area (Å²) in [6.45, 7) is 1.01. The average Bonchev–Trinajstić information content (AvgIpc) is 3.15. The van der Waals surface area contributed by atoms with Gasteiger partial charge in [-0.15, -0.1) is 6.42 Å². The van der Waals surface area contributed by atoms with Gasteiger partial charge in [-0.3, -0.25) is 4.79 Å². The number of carbonyl (C=O) groups excluding carboxylic acids is 1. The highest BCUT2D eigenvalue weighted by Gasteiger charge is 2.27. The van der Waals surface area contributed by atoms with Crippen molar-refractivity contribution in [1.29, 1.82) is 0 Å². The van der Waals surface area contributed by atoms with Crippen molar-refractivity contribution in [3.8, 4) is 12.3 Å². The van der Waals surface area contributed by atoms with Crippen molar-refractivity contribution >= 4 is 23.2 Å². The highest BCUT2D eigenvalue weighted by atomic mass is 35.5. The number of halogens is 1. The van der Waals surface area contributed by atoms with Gasteiger partial charge >= 0.3 is 0 Å². The molecule has 2 N–H and O–H groups in total. The fourth-order valence-electron chi connectivity index (χ4n) is 1.83. The molecule has 3 nitrogen and oxygen atoms in total. The van der Waals surface area contributed by atoms with Crippen molar-refractivity contribution in [1.82, 2.24) is 4.90 Å². The quantitative estimate of drug-likeness (QED) is 0.669. The molecule has 0 saturated heterocycles. The van der Waals surface area contributed by atoms with E-state index in [-0.39, 0.29) is 5.91 Å². The van der Waals surface area contributed by atoms with Crippen LogP contribution in [0.3, 0.4) is 0 Å². The van der Waals surface area contributed by atoms with E-state index in [0.29, 0.717) is 35.3 Å². The number of amides is 1. The van der Waals surface area contributed by atoms with Crippen molar-refractivity contribution in [2.24, 2.45) is 5.92 Å². The van der Waals surface area contributed by atoms with Crippen molar-refractivity contribution in [2.45, 2.75) is 12.8 Å². The number of carbonyl (C=O) groups is 1. The molecule has 0 unspecified atom stereocenters. The Morgan fingerprint density at radius 3 is 2.89 bits per heavy atom. The first-order valence-electron chi connectivity index (χ1n) is 5.90. The summed E-state index contributed by atoms with van der Waals surface area (Å²) in [7, 11) is 0. The maximum absolute atomic E-state index is 12.4. The molecule has 0 spiro atoms. The van der Waals surface area contributed by atoms with Gasteiger partial charge < -0.3 is 10.6 Å². The minimum absolute atomic E-state index is 0.142. The third-order valence-corrected chi connectivity index (χ3v) is 3.43. The third kappa shape index (κ3) is 2.77. The number of nitrogen functional groups attached to an aromatic ring is 1. The van der Waals surface area contributed by atoms with E-state index >= 15 is 0 Å². The van der Waals surface area contributed by atoms with E-state index in [1.165, 1.54) is 12.8 Å². The predicted octanol–water partition coefficient (Wildman–Crippen LogP) is 2.41. The molecule has 0 heterocycles. The van der Waals surface area contributed by atoms with Crippen LogP contribution in [0.25, 0.3) is 0 Å². The zero-order chi connectivity index (χ0) is 13.1. The number of nitrogens with zero attached hydrogens (tertiary/aromatic N) is 1. The van der Waals surface area contributed by atoms with E-state index in [1.54, 1.807) is 23.1 Å². The fraction of sp³-hybridized carbons (Fsp3) is 0.357. The molecule has 18 heavy (non-hydrogen) atoms. The summed E-state index contributed by atoms with van der Waals surface area (Å²) in [5.41, 5.74) is 6.54. The van der Waals surface area contributed by atoms with E-state index < -0.39 is 0 Å². The molecule has 0 radical (unpaired) electrons. The summed E-state index contributed by atoms with van der Waals surface area (Å²) in [5.74, 6) is 2.96. The lowest BCUT2D eigenvalue weighted by Gasteiger charge is -2.21. The molecule has 1 amide bonds. The number of hydrogen-bond donors (Lipinski definition) is 1. The van der Waals surface area contributed by atoms with Gasteiger partial charge in [0, 0.05) is 6.54 Å². The molecule has 1 saturated carbocycles. The van der Waals surface area contributed by atoms with Crippen molar-refractivity contribution in [2.75, 3.05) is 18.8 Å². The lowest BCUT2D eigenvalue weighted by molar-refractivity contribution is 0.0770. The third-order valence-electron chi connectivity index (χ3n) is 3.00. The van der Waals surface area contributed by atoms with Crippen molar-refractivity contribution < 1.29 is 4.79 Å². The summed E-state index contributed by atoms with van der Waals surface area (Å²) in [6.07, 6.45) is 7.64. The Bertz CT molecular complexity index is 503. The maximum Gasteiger partial charge on any atom is 0.256 e. The van der Waals surface area contributed by atoms with Gasteiger partial charge in [0.25, 0.3) is 5.91 Å². The van der Waals surface area contributed by atoms with Crippen LogP contribution in [0, 0.1) is 18.3 Å². The zero-order valence-electron chi connectivity index (χ0n) is 10.0.